The lowest BCUT2D eigenvalue weighted by atomic mass is 10.1. The van der Waals surface area contributed by atoms with Gasteiger partial charge in [0.25, 0.3) is 0 Å². The maximum Gasteiger partial charge on any atom is 0.433 e. The quantitative estimate of drug-likeness (QED) is 0.799. The molecule has 0 fully saturated rings. The Morgan fingerprint density at radius 1 is 1.12 bits per heavy atom. The highest BCUT2D eigenvalue weighted by Crippen LogP contribution is 2.29. The summed E-state index contributed by atoms with van der Waals surface area (Å²) in [4.78, 5) is 7.65. The number of aromatic nitrogens is 2. The number of methoxy groups -OCH3 is 1. The highest BCUT2D eigenvalue weighted by Gasteiger charge is 2.32. The lowest BCUT2D eigenvalue weighted by Crippen LogP contribution is -2.08. The van der Waals surface area contributed by atoms with Crippen LogP contribution in [0.4, 0.5) is 13.2 Å². The van der Waals surface area contributed by atoms with Crippen LogP contribution < -0.4 is 10.5 Å². The average Bonchev–Trinajstić information content (AvgIpc) is 2.54. The van der Waals surface area contributed by atoms with Gasteiger partial charge in [0.2, 0.25) is 5.88 Å². The fourth-order valence-electron chi connectivity index (χ4n) is 1.87. The number of halogens is 4. The van der Waals surface area contributed by atoms with Crippen molar-refractivity contribution in [1.29, 1.82) is 0 Å². The first-order chi connectivity index (χ1) is 10.9. The SMILES string of the molecule is COCCOc1cc(-c2ccc(C(F)(F)F)nc2)cc(CN)n1.Cl. The molecule has 0 unspecified atom stereocenters. The predicted molar refractivity (Wildman–Crippen MR) is 85.0 cm³/mol. The number of hydrogen-bond donors (Lipinski definition) is 1. The third-order valence-electron chi connectivity index (χ3n) is 2.99. The first kappa shape index (κ1) is 20.1. The van der Waals surface area contributed by atoms with Gasteiger partial charge in [0.15, 0.2) is 0 Å². The number of nitrogens with two attached hydrogens (primary N) is 1. The van der Waals surface area contributed by atoms with Gasteiger partial charge < -0.3 is 15.2 Å². The molecular weight excluding hydrogens is 347 g/mol. The van der Waals surface area contributed by atoms with Gasteiger partial charge in [0.1, 0.15) is 12.3 Å². The van der Waals surface area contributed by atoms with E-state index in [2.05, 4.69) is 9.97 Å². The van der Waals surface area contributed by atoms with Crippen LogP contribution >= 0.6 is 12.4 Å². The second-order valence-corrected chi connectivity index (χ2v) is 4.66. The van der Waals surface area contributed by atoms with Crippen molar-refractivity contribution in [2.45, 2.75) is 12.7 Å². The molecule has 24 heavy (non-hydrogen) atoms. The Kier molecular flexibility index (Phi) is 7.40. The van der Waals surface area contributed by atoms with Crippen LogP contribution in [0.15, 0.2) is 30.5 Å². The molecule has 132 valence electrons. The summed E-state index contributed by atoms with van der Waals surface area (Å²) < 4.78 is 48.0. The molecule has 0 spiro atoms. The molecule has 2 aromatic heterocycles. The van der Waals surface area contributed by atoms with Gasteiger partial charge in [-0.2, -0.15) is 13.2 Å². The van der Waals surface area contributed by atoms with E-state index in [0.717, 1.165) is 12.3 Å². The van der Waals surface area contributed by atoms with Gasteiger partial charge in [-0.05, 0) is 17.7 Å². The fraction of sp³-hybridized carbons (Fsp3) is 0.333. The molecule has 2 rings (SSSR count). The molecule has 0 aliphatic rings. The molecule has 5 nitrogen and oxygen atoms in total. The summed E-state index contributed by atoms with van der Waals surface area (Å²) in [7, 11) is 1.55. The first-order valence-corrected chi connectivity index (χ1v) is 6.80. The van der Waals surface area contributed by atoms with E-state index in [9.17, 15) is 13.2 Å². The summed E-state index contributed by atoms with van der Waals surface area (Å²) in [5.74, 6) is 0.333. The zero-order chi connectivity index (χ0) is 16.9. The molecule has 0 aliphatic heterocycles. The molecule has 9 heteroatoms. The number of hydrogen-bond acceptors (Lipinski definition) is 5. The van der Waals surface area contributed by atoms with E-state index in [1.807, 2.05) is 0 Å². The molecule has 2 N–H and O–H groups in total. The lowest BCUT2D eigenvalue weighted by Gasteiger charge is -2.10. The van der Waals surface area contributed by atoms with Crippen molar-refractivity contribution in [1.82, 2.24) is 9.97 Å². The summed E-state index contributed by atoms with van der Waals surface area (Å²) in [5.41, 5.74) is 6.37. The second-order valence-electron chi connectivity index (χ2n) is 4.66. The van der Waals surface area contributed by atoms with Crippen molar-refractivity contribution >= 4 is 12.4 Å². The zero-order valence-electron chi connectivity index (χ0n) is 12.8. The molecule has 0 atom stereocenters. The maximum atomic E-state index is 12.6. The Morgan fingerprint density at radius 3 is 2.42 bits per heavy atom. The van der Waals surface area contributed by atoms with Crippen LogP contribution in [0, 0.1) is 0 Å². The Labute approximate surface area is 143 Å². The van der Waals surface area contributed by atoms with Crippen LogP contribution in [0.3, 0.4) is 0 Å². The van der Waals surface area contributed by atoms with Crippen LogP contribution in [0.1, 0.15) is 11.4 Å². The van der Waals surface area contributed by atoms with Crippen LogP contribution in [0.25, 0.3) is 11.1 Å². The first-order valence-electron chi connectivity index (χ1n) is 6.80. The van der Waals surface area contributed by atoms with Crippen LogP contribution in [0.5, 0.6) is 5.88 Å². The zero-order valence-corrected chi connectivity index (χ0v) is 13.7. The van der Waals surface area contributed by atoms with E-state index >= 15 is 0 Å². The summed E-state index contributed by atoms with van der Waals surface area (Å²) in [6.07, 6.45) is -3.30. The minimum absolute atomic E-state index is 0. The summed E-state index contributed by atoms with van der Waals surface area (Å²) >= 11 is 0. The van der Waals surface area contributed by atoms with E-state index in [-0.39, 0.29) is 19.0 Å². The van der Waals surface area contributed by atoms with E-state index in [1.165, 1.54) is 6.07 Å². The average molecular weight is 364 g/mol. The highest BCUT2D eigenvalue weighted by atomic mass is 35.5. The third kappa shape index (κ3) is 5.33. The van der Waals surface area contributed by atoms with Crippen molar-refractivity contribution < 1.29 is 22.6 Å². The normalized spacial score (nSPS) is 11.0. The van der Waals surface area contributed by atoms with Gasteiger partial charge in [0.05, 0.1) is 12.3 Å². The Hall–Kier alpha value is -1.90. The van der Waals surface area contributed by atoms with Gasteiger partial charge in [-0.25, -0.2) is 4.98 Å². The minimum Gasteiger partial charge on any atom is -0.475 e. The van der Waals surface area contributed by atoms with E-state index in [1.54, 1.807) is 19.2 Å². The van der Waals surface area contributed by atoms with E-state index < -0.39 is 11.9 Å². The van der Waals surface area contributed by atoms with E-state index in [0.29, 0.717) is 35.9 Å². The van der Waals surface area contributed by atoms with Crippen LogP contribution in [-0.4, -0.2) is 30.3 Å². The Bertz CT molecular complexity index is 651. The highest BCUT2D eigenvalue weighted by molar-refractivity contribution is 5.85. The number of rotatable bonds is 6. The van der Waals surface area contributed by atoms with Crippen molar-refractivity contribution in [3.8, 4) is 17.0 Å². The Morgan fingerprint density at radius 2 is 1.88 bits per heavy atom. The van der Waals surface area contributed by atoms with Gasteiger partial charge in [0, 0.05) is 31.5 Å². The van der Waals surface area contributed by atoms with E-state index in [4.69, 9.17) is 15.2 Å². The number of pyridine rings is 2. The predicted octanol–water partition coefficient (Wildman–Crippen LogP) is 3.07. The molecule has 0 aliphatic carbocycles. The number of nitrogens with zero attached hydrogens (tertiary/aromatic N) is 2. The summed E-state index contributed by atoms with van der Waals surface area (Å²) in [6, 6.07) is 5.60. The molecule has 0 saturated carbocycles. The standard InChI is InChI=1S/C15H16F3N3O2.ClH/c1-22-4-5-23-14-7-11(6-12(8-19)21-14)10-2-3-13(20-9-10)15(16,17)18;/h2-3,6-7,9H,4-5,8,19H2,1H3;1H. The van der Waals surface area contributed by atoms with Crippen molar-refractivity contribution in [2.75, 3.05) is 20.3 Å². The molecular formula is C15H17ClF3N3O2. The number of ether oxygens (including phenoxy) is 2. The van der Waals surface area contributed by atoms with Crippen molar-refractivity contribution in [3.05, 3.63) is 41.9 Å². The molecule has 0 saturated heterocycles. The maximum absolute atomic E-state index is 12.6. The fourth-order valence-corrected chi connectivity index (χ4v) is 1.87. The molecule has 0 radical (unpaired) electrons. The summed E-state index contributed by atoms with van der Waals surface area (Å²) in [6.45, 7) is 0.885. The van der Waals surface area contributed by atoms with Gasteiger partial charge in [-0.3, -0.25) is 4.98 Å². The molecule has 0 aromatic carbocycles. The Balaban J connectivity index is 0.00000288. The minimum atomic E-state index is -4.46. The second kappa shape index (κ2) is 8.81. The van der Waals surface area contributed by atoms with Crippen LogP contribution in [-0.2, 0) is 17.5 Å². The lowest BCUT2D eigenvalue weighted by molar-refractivity contribution is -0.141. The molecule has 0 bridgehead atoms. The summed E-state index contributed by atoms with van der Waals surface area (Å²) in [5, 5.41) is 0. The number of alkyl halides is 3. The topological polar surface area (TPSA) is 70.3 Å². The van der Waals surface area contributed by atoms with Gasteiger partial charge in [-0.1, -0.05) is 6.07 Å². The van der Waals surface area contributed by atoms with Crippen LogP contribution in [0.2, 0.25) is 0 Å². The largest absolute Gasteiger partial charge is 0.475 e. The smallest absolute Gasteiger partial charge is 0.433 e. The monoisotopic (exact) mass is 363 g/mol. The van der Waals surface area contributed by atoms with Gasteiger partial charge in [-0.15, -0.1) is 12.4 Å². The third-order valence-corrected chi connectivity index (χ3v) is 2.99. The van der Waals surface area contributed by atoms with Crippen molar-refractivity contribution in [3.63, 3.8) is 0 Å². The molecule has 2 aromatic rings. The molecule has 2 heterocycles. The van der Waals surface area contributed by atoms with Crippen molar-refractivity contribution in [2.24, 2.45) is 5.73 Å². The van der Waals surface area contributed by atoms with Gasteiger partial charge >= 0.3 is 6.18 Å². The molecule has 0 amide bonds.